The lowest BCUT2D eigenvalue weighted by Gasteiger charge is -2.24. The summed E-state index contributed by atoms with van der Waals surface area (Å²) in [6.45, 7) is 2.41. The van der Waals surface area contributed by atoms with Gasteiger partial charge in [0.25, 0.3) is 0 Å². The van der Waals surface area contributed by atoms with Crippen LogP contribution in [-0.2, 0) is 6.61 Å². The van der Waals surface area contributed by atoms with Gasteiger partial charge < -0.3 is 5.11 Å². The van der Waals surface area contributed by atoms with Gasteiger partial charge in [-0.3, -0.25) is 0 Å². The lowest BCUT2D eigenvalue weighted by molar-refractivity contribution is 0.276. The minimum Gasteiger partial charge on any atom is -0.390 e. The summed E-state index contributed by atoms with van der Waals surface area (Å²) >= 11 is 1.71. The Balaban J connectivity index is 2.06. The highest BCUT2D eigenvalue weighted by Gasteiger charge is 2.22. The smallest absolute Gasteiger partial charge is 0.0960 e. The van der Waals surface area contributed by atoms with E-state index in [9.17, 15) is 0 Å². The average molecular weight is 211 g/mol. The second kappa shape index (κ2) is 4.41. The molecule has 0 aliphatic heterocycles. The predicted octanol–water partition coefficient (Wildman–Crippen LogP) is 2.93. The molecule has 1 aromatic rings. The summed E-state index contributed by atoms with van der Waals surface area (Å²) in [6.07, 6.45) is 5.26. The molecule has 0 saturated heterocycles. The lowest BCUT2D eigenvalue weighted by Crippen LogP contribution is -2.11. The van der Waals surface area contributed by atoms with Gasteiger partial charge in [-0.05, 0) is 18.8 Å². The molecule has 0 spiro atoms. The van der Waals surface area contributed by atoms with E-state index >= 15 is 0 Å². The van der Waals surface area contributed by atoms with E-state index in [4.69, 9.17) is 5.11 Å². The summed E-state index contributed by atoms with van der Waals surface area (Å²) in [7, 11) is 0. The number of aliphatic hydroxyl groups excluding tert-OH is 1. The van der Waals surface area contributed by atoms with Gasteiger partial charge in [0, 0.05) is 11.3 Å². The van der Waals surface area contributed by atoms with Crippen molar-refractivity contribution in [2.24, 2.45) is 5.92 Å². The molecule has 78 valence electrons. The molecule has 1 heterocycles. The van der Waals surface area contributed by atoms with Gasteiger partial charge in [-0.25, -0.2) is 4.98 Å². The Morgan fingerprint density at radius 2 is 2.43 bits per heavy atom. The largest absolute Gasteiger partial charge is 0.390 e. The SMILES string of the molecule is CC1CCCC(c2nc(CO)cs2)C1. The van der Waals surface area contributed by atoms with Gasteiger partial charge >= 0.3 is 0 Å². The molecule has 0 aromatic carbocycles. The minimum absolute atomic E-state index is 0.0821. The van der Waals surface area contributed by atoms with Crippen molar-refractivity contribution >= 4 is 11.3 Å². The van der Waals surface area contributed by atoms with Gasteiger partial charge in [0.1, 0.15) is 0 Å². The molecule has 1 aliphatic rings. The van der Waals surface area contributed by atoms with Crippen LogP contribution in [0, 0.1) is 5.92 Å². The molecule has 0 bridgehead atoms. The summed E-state index contributed by atoms with van der Waals surface area (Å²) in [5, 5.41) is 12.2. The standard InChI is InChI=1S/C11H17NOS/c1-8-3-2-4-9(5-8)11-12-10(6-13)7-14-11/h7-9,13H,2-6H2,1H3. The van der Waals surface area contributed by atoms with Crippen LogP contribution in [0.25, 0.3) is 0 Å². The first-order chi connectivity index (χ1) is 6.79. The maximum atomic E-state index is 8.95. The van der Waals surface area contributed by atoms with Crippen LogP contribution in [0.4, 0.5) is 0 Å². The zero-order valence-electron chi connectivity index (χ0n) is 8.57. The Bertz CT molecular complexity index is 297. The van der Waals surface area contributed by atoms with Gasteiger partial charge in [-0.2, -0.15) is 0 Å². The van der Waals surface area contributed by atoms with Gasteiger partial charge in [0.05, 0.1) is 17.3 Å². The average Bonchev–Trinajstić information content (AvgIpc) is 2.66. The lowest BCUT2D eigenvalue weighted by atomic mass is 9.83. The molecule has 2 atom stereocenters. The van der Waals surface area contributed by atoms with Crippen LogP contribution >= 0.6 is 11.3 Å². The molecule has 1 N–H and O–H groups in total. The van der Waals surface area contributed by atoms with Crippen molar-refractivity contribution in [3.8, 4) is 0 Å². The first-order valence-corrected chi connectivity index (χ1v) is 6.22. The molecule has 3 heteroatoms. The number of aliphatic hydroxyl groups is 1. The third-order valence-electron chi connectivity index (χ3n) is 3.02. The summed E-state index contributed by atoms with van der Waals surface area (Å²) in [5.74, 6) is 1.50. The molecule has 1 aromatic heterocycles. The zero-order valence-corrected chi connectivity index (χ0v) is 9.39. The number of thiazole rings is 1. The number of rotatable bonds is 2. The van der Waals surface area contributed by atoms with Crippen LogP contribution in [-0.4, -0.2) is 10.1 Å². The molecular formula is C11H17NOS. The van der Waals surface area contributed by atoms with Crippen molar-refractivity contribution in [1.82, 2.24) is 4.98 Å². The predicted molar refractivity (Wildman–Crippen MR) is 58.4 cm³/mol. The van der Waals surface area contributed by atoms with E-state index in [1.54, 1.807) is 11.3 Å². The fraction of sp³-hybridized carbons (Fsp3) is 0.727. The highest BCUT2D eigenvalue weighted by atomic mass is 32.1. The molecule has 2 unspecified atom stereocenters. The topological polar surface area (TPSA) is 33.1 Å². The molecule has 0 amide bonds. The van der Waals surface area contributed by atoms with Crippen LogP contribution in [0.15, 0.2) is 5.38 Å². The van der Waals surface area contributed by atoms with Crippen LogP contribution in [0.1, 0.15) is 49.2 Å². The highest BCUT2D eigenvalue weighted by Crippen LogP contribution is 2.37. The number of hydrogen-bond acceptors (Lipinski definition) is 3. The van der Waals surface area contributed by atoms with Crippen molar-refractivity contribution in [2.45, 2.75) is 45.1 Å². The van der Waals surface area contributed by atoms with E-state index in [1.807, 2.05) is 5.38 Å². The van der Waals surface area contributed by atoms with Crippen LogP contribution in [0.2, 0.25) is 0 Å². The van der Waals surface area contributed by atoms with Crippen molar-refractivity contribution in [1.29, 1.82) is 0 Å². The monoisotopic (exact) mass is 211 g/mol. The van der Waals surface area contributed by atoms with Gasteiger partial charge in [0.2, 0.25) is 0 Å². The molecule has 2 rings (SSSR count). The van der Waals surface area contributed by atoms with Crippen LogP contribution < -0.4 is 0 Å². The summed E-state index contributed by atoms with van der Waals surface area (Å²) in [4.78, 5) is 4.46. The Morgan fingerprint density at radius 1 is 1.57 bits per heavy atom. The fourth-order valence-corrected chi connectivity index (χ4v) is 3.20. The van der Waals surface area contributed by atoms with Crippen molar-refractivity contribution in [2.75, 3.05) is 0 Å². The van der Waals surface area contributed by atoms with E-state index in [0.717, 1.165) is 11.6 Å². The van der Waals surface area contributed by atoms with E-state index in [0.29, 0.717) is 5.92 Å². The van der Waals surface area contributed by atoms with E-state index in [-0.39, 0.29) is 6.61 Å². The third-order valence-corrected chi connectivity index (χ3v) is 4.07. The maximum Gasteiger partial charge on any atom is 0.0960 e. The van der Waals surface area contributed by atoms with Crippen LogP contribution in [0.5, 0.6) is 0 Å². The number of aromatic nitrogens is 1. The highest BCUT2D eigenvalue weighted by molar-refractivity contribution is 7.09. The second-order valence-corrected chi connectivity index (χ2v) is 5.19. The quantitative estimate of drug-likeness (QED) is 0.816. The number of nitrogens with zero attached hydrogens (tertiary/aromatic N) is 1. The molecule has 2 nitrogen and oxygen atoms in total. The summed E-state index contributed by atoms with van der Waals surface area (Å²) in [6, 6.07) is 0. The third kappa shape index (κ3) is 2.15. The van der Waals surface area contributed by atoms with Crippen LogP contribution in [0.3, 0.4) is 0 Å². The van der Waals surface area contributed by atoms with Gasteiger partial charge in [0.15, 0.2) is 0 Å². The van der Waals surface area contributed by atoms with Crippen molar-refractivity contribution in [3.63, 3.8) is 0 Å². The van der Waals surface area contributed by atoms with Crippen molar-refractivity contribution < 1.29 is 5.11 Å². The zero-order chi connectivity index (χ0) is 9.97. The molecular weight excluding hydrogens is 194 g/mol. The van der Waals surface area contributed by atoms with E-state index in [2.05, 4.69) is 11.9 Å². The van der Waals surface area contributed by atoms with E-state index < -0.39 is 0 Å². The Morgan fingerprint density at radius 3 is 3.07 bits per heavy atom. The normalized spacial score (nSPS) is 27.9. The van der Waals surface area contributed by atoms with E-state index in [1.165, 1.54) is 30.7 Å². The number of hydrogen-bond donors (Lipinski definition) is 1. The Kier molecular flexibility index (Phi) is 3.19. The summed E-state index contributed by atoms with van der Waals surface area (Å²) < 4.78 is 0. The molecule has 14 heavy (non-hydrogen) atoms. The molecule has 1 fully saturated rings. The molecule has 1 aliphatic carbocycles. The maximum absolute atomic E-state index is 8.95. The second-order valence-electron chi connectivity index (χ2n) is 4.30. The fourth-order valence-electron chi connectivity index (χ4n) is 2.24. The molecule has 1 saturated carbocycles. The van der Waals surface area contributed by atoms with Gasteiger partial charge in [-0.15, -0.1) is 11.3 Å². The minimum atomic E-state index is 0.0821. The van der Waals surface area contributed by atoms with Gasteiger partial charge in [-0.1, -0.05) is 19.8 Å². The first kappa shape index (κ1) is 10.1. The Labute approximate surface area is 89.0 Å². The Hall–Kier alpha value is -0.410. The first-order valence-electron chi connectivity index (χ1n) is 5.34. The summed E-state index contributed by atoms with van der Waals surface area (Å²) in [5.41, 5.74) is 0.836. The van der Waals surface area contributed by atoms with Crippen molar-refractivity contribution in [3.05, 3.63) is 16.1 Å². The molecule has 0 radical (unpaired) electrons.